The van der Waals surface area contributed by atoms with Crippen LogP contribution in [0.1, 0.15) is 6.42 Å². The van der Waals surface area contributed by atoms with Gasteiger partial charge in [-0.15, -0.1) is 0 Å². The second-order valence-corrected chi connectivity index (χ2v) is 3.76. The van der Waals surface area contributed by atoms with Gasteiger partial charge in [0.1, 0.15) is 0 Å². The second-order valence-electron chi connectivity index (χ2n) is 3.76. The van der Waals surface area contributed by atoms with Gasteiger partial charge in [-0.3, -0.25) is 4.90 Å². The Kier molecular flexibility index (Phi) is 2.49. The van der Waals surface area contributed by atoms with Gasteiger partial charge in [0, 0.05) is 26.2 Å². The highest BCUT2D eigenvalue weighted by Crippen LogP contribution is 2.24. The summed E-state index contributed by atoms with van der Waals surface area (Å²) >= 11 is 0. The minimum Gasteiger partial charge on any atom is -0.379 e. The van der Waals surface area contributed by atoms with E-state index in [0.29, 0.717) is 6.42 Å². The molecule has 0 aliphatic carbocycles. The number of nitrogens with one attached hydrogen (secondary N) is 1. The van der Waals surface area contributed by atoms with E-state index in [9.17, 15) is 0 Å². The number of nitriles is 1. The van der Waals surface area contributed by atoms with Crippen LogP contribution in [0.3, 0.4) is 0 Å². The van der Waals surface area contributed by atoms with E-state index < -0.39 is 0 Å². The van der Waals surface area contributed by atoms with Gasteiger partial charge in [0.05, 0.1) is 31.2 Å². The maximum absolute atomic E-state index is 8.76. The standard InChI is InChI=1S/C9H15N3O/c10-2-1-9(7-11-8-9)12-3-5-13-6-4-12/h11H,1,3-8H2. The van der Waals surface area contributed by atoms with E-state index in [1.165, 1.54) is 0 Å². The molecule has 2 fully saturated rings. The first-order valence-corrected chi connectivity index (χ1v) is 4.78. The molecular weight excluding hydrogens is 166 g/mol. The van der Waals surface area contributed by atoms with E-state index in [1.54, 1.807) is 0 Å². The Morgan fingerprint density at radius 2 is 2.08 bits per heavy atom. The molecule has 13 heavy (non-hydrogen) atoms. The molecule has 2 aliphatic rings. The van der Waals surface area contributed by atoms with Gasteiger partial charge in [-0.1, -0.05) is 0 Å². The lowest BCUT2D eigenvalue weighted by atomic mass is 9.86. The van der Waals surface area contributed by atoms with Crippen molar-refractivity contribution < 1.29 is 4.74 Å². The monoisotopic (exact) mass is 181 g/mol. The van der Waals surface area contributed by atoms with E-state index in [4.69, 9.17) is 10.00 Å². The topological polar surface area (TPSA) is 48.3 Å². The van der Waals surface area contributed by atoms with Gasteiger partial charge < -0.3 is 10.1 Å². The number of rotatable bonds is 2. The molecule has 0 unspecified atom stereocenters. The zero-order valence-corrected chi connectivity index (χ0v) is 7.75. The minimum atomic E-state index is 0.124. The molecule has 0 radical (unpaired) electrons. The SMILES string of the molecule is N#CCC1(N2CCOCC2)CNC1. The van der Waals surface area contributed by atoms with E-state index in [0.717, 1.165) is 39.4 Å². The molecule has 0 amide bonds. The number of nitrogens with zero attached hydrogens (tertiary/aromatic N) is 2. The van der Waals surface area contributed by atoms with Gasteiger partial charge in [-0.05, 0) is 0 Å². The second kappa shape index (κ2) is 3.62. The predicted octanol–water partition coefficient (Wildman–Crippen LogP) is -0.426. The van der Waals surface area contributed by atoms with Crippen molar-refractivity contribution in [2.24, 2.45) is 0 Å². The van der Waals surface area contributed by atoms with Crippen LogP contribution in [0.2, 0.25) is 0 Å². The van der Waals surface area contributed by atoms with Crippen molar-refractivity contribution in [2.75, 3.05) is 39.4 Å². The molecule has 0 bridgehead atoms. The summed E-state index contributed by atoms with van der Waals surface area (Å²) in [5.41, 5.74) is 0.124. The Hall–Kier alpha value is -0.630. The van der Waals surface area contributed by atoms with Crippen molar-refractivity contribution in [1.82, 2.24) is 10.2 Å². The Labute approximate surface area is 78.5 Å². The Balaban J connectivity index is 1.98. The summed E-state index contributed by atoms with van der Waals surface area (Å²) < 4.78 is 5.30. The van der Waals surface area contributed by atoms with E-state index >= 15 is 0 Å². The zero-order chi connectivity index (χ0) is 9.15. The molecular formula is C9H15N3O. The smallest absolute Gasteiger partial charge is 0.0642 e. The quantitative estimate of drug-likeness (QED) is 0.628. The summed E-state index contributed by atoms with van der Waals surface area (Å²) in [5.74, 6) is 0. The van der Waals surface area contributed by atoms with Crippen LogP contribution < -0.4 is 5.32 Å². The van der Waals surface area contributed by atoms with Crippen LogP contribution in [0.25, 0.3) is 0 Å². The molecule has 2 aliphatic heterocycles. The van der Waals surface area contributed by atoms with Crippen molar-refractivity contribution in [2.45, 2.75) is 12.0 Å². The summed E-state index contributed by atoms with van der Waals surface area (Å²) in [6, 6.07) is 2.29. The molecule has 0 saturated carbocycles. The number of morpholine rings is 1. The summed E-state index contributed by atoms with van der Waals surface area (Å²) in [7, 11) is 0. The fraction of sp³-hybridized carbons (Fsp3) is 0.889. The average molecular weight is 181 g/mol. The highest BCUT2D eigenvalue weighted by molar-refractivity contribution is 5.07. The third kappa shape index (κ3) is 1.55. The summed E-state index contributed by atoms with van der Waals surface area (Å²) in [4.78, 5) is 2.40. The van der Waals surface area contributed by atoms with E-state index in [1.807, 2.05) is 0 Å². The Bertz CT molecular complexity index is 213. The lowest BCUT2D eigenvalue weighted by Gasteiger charge is -2.50. The van der Waals surface area contributed by atoms with Crippen LogP contribution in [0, 0.1) is 11.3 Å². The Morgan fingerprint density at radius 1 is 1.38 bits per heavy atom. The van der Waals surface area contributed by atoms with Gasteiger partial charge in [0.25, 0.3) is 0 Å². The van der Waals surface area contributed by atoms with Gasteiger partial charge in [0.15, 0.2) is 0 Å². The molecule has 72 valence electrons. The molecule has 0 spiro atoms. The normalized spacial score (nSPS) is 27.6. The van der Waals surface area contributed by atoms with Gasteiger partial charge in [-0.25, -0.2) is 0 Å². The predicted molar refractivity (Wildman–Crippen MR) is 48.2 cm³/mol. The third-order valence-corrected chi connectivity index (χ3v) is 3.00. The summed E-state index contributed by atoms with van der Waals surface area (Å²) in [5, 5.41) is 12.0. The van der Waals surface area contributed by atoms with Crippen molar-refractivity contribution in [3.63, 3.8) is 0 Å². The van der Waals surface area contributed by atoms with Crippen molar-refractivity contribution in [3.05, 3.63) is 0 Å². The minimum absolute atomic E-state index is 0.124. The number of hydrogen-bond donors (Lipinski definition) is 1. The van der Waals surface area contributed by atoms with Crippen LogP contribution in [0.4, 0.5) is 0 Å². The van der Waals surface area contributed by atoms with Crippen molar-refractivity contribution >= 4 is 0 Å². The first-order valence-electron chi connectivity index (χ1n) is 4.78. The number of hydrogen-bond acceptors (Lipinski definition) is 4. The first kappa shape index (κ1) is 8.95. The highest BCUT2D eigenvalue weighted by Gasteiger charge is 2.42. The lowest BCUT2D eigenvalue weighted by Crippen LogP contribution is -2.70. The zero-order valence-electron chi connectivity index (χ0n) is 7.75. The maximum Gasteiger partial charge on any atom is 0.0642 e. The molecule has 0 aromatic heterocycles. The summed E-state index contributed by atoms with van der Waals surface area (Å²) in [6.45, 7) is 5.49. The molecule has 1 N–H and O–H groups in total. The molecule has 4 nitrogen and oxygen atoms in total. The van der Waals surface area contributed by atoms with E-state index in [-0.39, 0.29) is 5.54 Å². The Morgan fingerprint density at radius 3 is 2.54 bits per heavy atom. The van der Waals surface area contributed by atoms with E-state index in [2.05, 4.69) is 16.3 Å². The van der Waals surface area contributed by atoms with Gasteiger partial charge in [-0.2, -0.15) is 5.26 Å². The molecule has 2 saturated heterocycles. The molecule has 0 aromatic rings. The van der Waals surface area contributed by atoms with Crippen molar-refractivity contribution in [3.8, 4) is 6.07 Å². The van der Waals surface area contributed by atoms with Crippen LogP contribution in [0.5, 0.6) is 0 Å². The molecule has 2 rings (SSSR count). The van der Waals surface area contributed by atoms with Gasteiger partial charge in [0.2, 0.25) is 0 Å². The fourth-order valence-corrected chi connectivity index (χ4v) is 2.06. The maximum atomic E-state index is 8.76. The van der Waals surface area contributed by atoms with Gasteiger partial charge >= 0.3 is 0 Å². The first-order chi connectivity index (χ1) is 6.37. The highest BCUT2D eigenvalue weighted by atomic mass is 16.5. The molecule has 0 atom stereocenters. The molecule has 4 heteroatoms. The van der Waals surface area contributed by atoms with Crippen LogP contribution >= 0.6 is 0 Å². The van der Waals surface area contributed by atoms with Crippen molar-refractivity contribution in [1.29, 1.82) is 5.26 Å². The lowest BCUT2D eigenvalue weighted by molar-refractivity contribution is -0.0417. The summed E-state index contributed by atoms with van der Waals surface area (Å²) in [6.07, 6.45) is 0.639. The molecule has 0 aromatic carbocycles. The third-order valence-electron chi connectivity index (χ3n) is 3.00. The van der Waals surface area contributed by atoms with Crippen LogP contribution in [-0.4, -0.2) is 49.8 Å². The average Bonchev–Trinajstić information content (AvgIpc) is 2.13. The number of ether oxygens (including phenoxy) is 1. The van der Waals surface area contributed by atoms with Crippen LogP contribution in [-0.2, 0) is 4.74 Å². The largest absolute Gasteiger partial charge is 0.379 e. The fourth-order valence-electron chi connectivity index (χ4n) is 2.06. The van der Waals surface area contributed by atoms with Crippen LogP contribution in [0.15, 0.2) is 0 Å². The molecule has 2 heterocycles.